The zero-order valence-electron chi connectivity index (χ0n) is 20.9. The highest BCUT2D eigenvalue weighted by Crippen LogP contribution is 2.40. The molecule has 0 bridgehead atoms. The number of H-pyrrole nitrogens is 1. The Balaban J connectivity index is 1.29. The molecule has 2 aliphatic heterocycles. The van der Waals surface area contributed by atoms with Gasteiger partial charge in [-0.1, -0.05) is 18.2 Å². The maximum absolute atomic E-state index is 13.4. The number of aromatic amines is 1. The lowest BCUT2D eigenvalue weighted by Crippen LogP contribution is -2.53. The zero-order chi connectivity index (χ0) is 28.8. The Hall–Kier alpha value is -3.88. The first-order chi connectivity index (χ1) is 18.8. The average molecular weight is 571 g/mol. The van der Waals surface area contributed by atoms with E-state index in [1.807, 2.05) is 5.10 Å². The largest absolute Gasteiger partial charge is 0.475 e. The van der Waals surface area contributed by atoms with Crippen molar-refractivity contribution >= 4 is 28.5 Å². The number of hydrogen-bond acceptors (Lipinski definition) is 6. The minimum absolute atomic E-state index is 0.00866. The molecule has 5 rings (SSSR count). The second kappa shape index (κ2) is 10.3. The predicted molar refractivity (Wildman–Crippen MR) is 128 cm³/mol. The molecule has 1 fully saturated rings. The summed E-state index contributed by atoms with van der Waals surface area (Å²) in [5.74, 6) is -1.94. The minimum atomic E-state index is -4.69. The zero-order valence-corrected chi connectivity index (χ0v) is 20.9. The number of hydrogen-bond donors (Lipinski definition) is 1. The van der Waals surface area contributed by atoms with E-state index in [-0.39, 0.29) is 31.0 Å². The Morgan fingerprint density at radius 2 is 1.93 bits per heavy atom. The summed E-state index contributed by atoms with van der Waals surface area (Å²) >= 11 is 0. The van der Waals surface area contributed by atoms with Gasteiger partial charge in [0.1, 0.15) is 17.6 Å². The van der Waals surface area contributed by atoms with Crippen LogP contribution >= 0.6 is 0 Å². The van der Waals surface area contributed by atoms with Crippen molar-refractivity contribution in [2.75, 3.05) is 31.1 Å². The number of para-hydroxylation sites is 1. The van der Waals surface area contributed by atoms with Gasteiger partial charge in [-0.25, -0.2) is 4.98 Å². The highest BCUT2D eigenvalue weighted by Gasteiger charge is 2.45. The number of anilines is 1. The molecule has 214 valence electrons. The average Bonchev–Trinajstić information content (AvgIpc) is 3.43. The molecule has 9 nitrogen and oxygen atoms in total. The number of pyridine rings is 1. The summed E-state index contributed by atoms with van der Waals surface area (Å²) in [6, 6.07) is 9.41. The van der Waals surface area contributed by atoms with Crippen LogP contribution in [0.5, 0.6) is 5.88 Å². The number of carbonyl (C=O) groups excluding carboxylic acids is 2. The number of amides is 2. The smallest absolute Gasteiger partial charge is 0.434 e. The van der Waals surface area contributed by atoms with Gasteiger partial charge in [0.05, 0.1) is 25.2 Å². The van der Waals surface area contributed by atoms with Crippen LogP contribution in [0.4, 0.5) is 32.0 Å². The summed E-state index contributed by atoms with van der Waals surface area (Å²) in [4.78, 5) is 32.6. The van der Waals surface area contributed by atoms with Crippen LogP contribution in [0.2, 0.25) is 0 Å². The van der Waals surface area contributed by atoms with E-state index in [0.29, 0.717) is 11.3 Å². The van der Waals surface area contributed by atoms with Crippen molar-refractivity contribution in [3.8, 4) is 5.88 Å². The molecule has 2 aliphatic rings. The lowest BCUT2D eigenvalue weighted by molar-refractivity contribution is -0.236. The summed E-state index contributed by atoms with van der Waals surface area (Å²) < 4.78 is 89.5. The summed E-state index contributed by atoms with van der Waals surface area (Å²) in [5, 5.41) is 5.53. The van der Waals surface area contributed by atoms with E-state index >= 15 is 0 Å². The van der Waals surface area contributed by atoms with E-state index in [4.69, 9.17) is 9.47 Å². The van der Waals surface area contributed by atoms with E-state index < -0.39 is 66.6 Å². The molecule has 0 saturated carbocycles. The van der Waals surface area contributed by atoms with Crippen molar-refractivity contribution in [1.29, 1.82) is 0 Å². The fourth-order valence-electron chi connectivity index (χ4n) is 4.89. The number of halogens is 6. The number of aromatic nitrogens is 3. The molecule has 0 aliphatic carbocycles. The standard InChI is InChI=1S/C25H23F6N5O4/c1-13(40-19-7-6-16-21(32-19)22(34-33-16)25(29,30)31)10-15-14-4-2-3-5-17(14)36(23(15)38)12-20(37)35-8-9-39-18(11-35)24(26,27)28/h2-7,13,15,18H,8-12H2,1H3,(H,33,34). The van der Waals surface area contributed by atoms with E-state index in [2.05, 4.69) is 10.1 Å². The third-order valence-corrected chi connectivity index (χ3v) is 6.79. The van der Waals surface area contributed by atoms with Gasteiger partial charge < -0.3 is 19.3 Å². The Morgan fingerprint density at radius 3 is 2.65 bits per heavy atom. The van der Waals surface area contributed by atoms with Crippen LogP contribution < -0.4 is 9.64 Å². The summed E-state index contributed by atoms with van der Waals surface area (Å²) in [7, 11) is 0. The van der Waals surface area contributed by atoms with Crippen LogP contribution in [-0.2, 0) is 20.5 Å². The van der Waals surface area contributed by atoms with Crippen molar-refractivity contribution in [2.45, 2.75) is 43.8 Å². The van der Waals surface area contributed by atoms with Crippen LogP contribution in [0.15, 0.2) is 36.4 Å². The van der Waals surface area contributed by atoms with Gasteiger partial charge in [0, 0.05) is 18.3 Å². The van der Waals surface area contributed by atoms with Crippen LogP contribution in [0, 0.1) is 0 Å². The van der Waals surface area contributed by atoms with Crippen LogP contribution in [0.3, 0.4) is 0 Å². The molecule has 1 N–H and O–H groups in total. The van der Waals surface area contributed by atoms with Crippen molar-refractivity contribution < 1.29 is 45.4 Å². The van der Waals surface area contributed by atoms with Gasteiger partial charge in [-0.3, -0.25) is 14.7 Å². The highest BCUT2D eigenvalue weighted by molar-refractivity contribution is 6.08. The quantitative estimate of drug-likeness (QED) is 0.448. The molecular formula is C25H23F6N5O4. The van der Waals surface area contributed by atoms with Gasteiger partial charge in [-0.05, 0) is 31.0 Å². The number of morpholine rings is 1. The summed E-state index contributed by atoms with van der Waals surface area (Å²) in [6.07, 6.45) is -12.0. The van der Waals surface area contributed by atoms with Gasteiger partial charge in [0.25, 0.3) is 0 Å². The fourth-order valence-corrected chi connectivity index (χ4v) is 4.89. The van der Waals surface area contributed by atoms with E-state index in [0.717, 1.165) is 4.90 Å². The topological polar surface area (TPSA) is 101 Å². The molecule has 15 heteroatoms. The molecule has 3 atom stereocenters. The first-order valence-electron chi connectivity index (χ1n) is 12.3. The molecule has 0 spiro atoms. The van der Waals surface area contributed by atoms with E-state index in [9.17, 15) is 35.9 Å². The Bertz CT molecular complexity index is 1420. The first-order valence-corrected chi connectivity index (χ1v) is 12.3. The number of rotatable bonds is 6. The Kier molecular flexibility index (Phi) is 7.10. The van der Waals surface area contributed by atoms with Gasteiger partial charge in [0.2, 0.25) is 17.7 Å². The van der Waals surface area contributed by atoms with Crippen molar-refractivity contribution in [2.24, 2.45) is 0 Å². The molecule has 1 aromatic carbocycles. The minimum Gasteiger partial charge on any atom is -0.475 e. The molecule has 3 aromatic rings. The first kappa shape index (κ1) is 27.7. The molecule has 4 heterocycles. The van der Waals surface area contributed by atoms with Gasteiger partial charge in [0.15, 0.2) is 11.8 Å². The third kappa shape index (κ3) is 5.42. The molecule has 1 saturated heterocycles. The number of nitrogens with one attached hydrogen (secondary N) is 1. The Labute approximate surface area is 223 Å². The highest BCUT2D eigenvalue weighted by atomic mass is 19.4. The van der Waals surface area contributed by atoms with Crippen LogP contribution in [-0.4, -0.2) is 76.5 Å². The number of benzene rings is 1. The molecule has 2 amide bonds. The van der Waals surface area contributed by atoms with Gasteiger partial charge >= 0.3 is 12.4 Å². The molecule has 3 unspecified atom stereocenters. The number of nitrogens with zero attached hydrogens (tertiary/aromatic N) is 4. The molecule has 2 aromatic heterocycles. The Morgan fingerprint density at radius 1 is 1.18 bits per heavy atom. The van der Waals surface area contributed by atoms with E-state index in [1.54, 1.807) is 31.2 Å². The van der Waals surface area contributed by atoms with Crippen LogP contribution in [0.1, 0.15) is 30.5 Å². The number of fused-ring (bicyclic) bond motifs is 2. The second-order valence-electron chi connectivity index (χ2n) is 9.55. The maximum Gasteiger partial charge on any atom is 0.434 e. The molecule has 0 radical (unpaired) electrons. The maximum atomic E-state index is 13.4. The summed E-state index contributed by atoms with van der Waals surface area (Å²) in [6.45, 7) is 0.199. The SMILES string of the molecule is CC(CC1C(=O)N(CC(=O)N2CCOC(C(F)(F)F)C2)c2ccccc21)Oc1ccc2n[nH]c(C(F)(F)F)c2n1. The van der Waals surface area contributed by atoms with Gasteiger partial charge in [-0.2, -0.15) is 31.4 Å². The number of carbonyl (C=O) groups is 2. The van der Waals surface area contributed by atoms with Crippen molar-refractivity contribution in [3.63, 3.8) is 0 Å². The van der Waals surface area contributed by atoms with Crippen molar-refractivity contribution in [1.82, 2.24) is 20.1 Å². The normalized spacial score (nSPS) is 20.6. The third-order valence-electron chi connectivity index (χ3n) is 6.79. The second-order valence-corrected chi connectivity index (χ2v) is 9.55. The fraction of sp³-hybridized carbons (Fsp3) is 0.440. The lowest BCUT2D eigenvalue weighted by Gasteiger charge is -2.34. The van der Waals surface area contributed by atoms with Crippen LogP contribution in [0.25, 0.3) is 11.0 Å². The van der Waals surface area contributed by atoms with E-state index in [1.165, 1.54) is 17.0 Å². The van der Waals surface area contributed by atoms with Gasteiger partial charge in [-0.15, -0.1) is 0 Å². The van der Waals surface area contributed by atoms with Crippen molar-refractivity contribution in [3.05, 3.63) is 47.7 Å². The summed E-state index contributed by atoms with van der Waals surface area (Å²) in [5.41, 5.74) is -0.452. The lowest BCUT2D eigenvalue weighted by atomic mass is 9.95. The number of alkyl halides is 6. The number of ether oxygens (including phenoxy) is 2. The predicted octanol–water partition coefficient (Wildman–Crippen LogP) is 4.05. The molecule has 40 heavy (non-hydrogen) atoms. The molecular weight excluding hydrogens is 548 g/mol. The monoisotopic (exact) mass is 571 g/mol.